The van der Waals surface area contributed by atoms with Crippen molar-refractivity contribution < 1.29 is 0 Å². The summed E-state index contributed by atoms with van der Waals surface area (Å²) >= 11 is 7.83. The predicted octanol–water partition coefficient (Wildman–Crippen LogP) is 2.84. The van der Waals surface area contributed by atoms with Crippen molar-refractivity contribution >= 4 is 33.8 Å². The van der Waals surface area contributed by atoms with Crippen LogP contribution in [0.15, 0.2) is 29.8 Å². The van der Waals surface area contributed by atoms with Gasteiger partial charge in [-0.3, -0.25) is 0 Å². The molecule has 4 nitrogen and oxygen atoms in total. The summed E-state index contributed by atoms with van der Waals surface area (Å²) in [6.45, 7) is 4.88. The molecule has 6 heteroatoms. The van der Waals surface area contributed by atoms with Gasteiger partial charge >= 0.3 is 0 Å². The maximum absolute atomic E-state index is 6.12. The fourth-order valence-electron chi connectivity index (χ4n) is 2.71. The first-order chi connectivity index (χ1) is 10.3. The van der Waals surface area contributed by atoms with Crippen LogP contribution in [0.25, 0.3) is 0 Å². The van der Waals surface area contributed by atoms with Gasteiger partial charge in [-0.1, -0.05) is 11.6 Å². The molecule has 0 bridgehead atoms. The number of halogens is 1. The fraction of sp³-hybridized carbons (Fsp3) is 0.400. The molecule has 0 aliphatic carbocycles. The van der Waals surface area contributed by atoms with E-state index in [0.717, 1.165) is 42.9 Å². The fourth-order valence-corrected chi connectivity index (χ4v) is 3.60. The molecule has 1 N–H and O–H groups in total. The summed E-state index contributed by atoms with van der Waals surface area (Å²) in [4.78, 5) is 9.19. The second-order valence-electron chi connectivity index (χ2n) is 5.09. The summed E-state index contributed by atoms with van der Waals surface area (Å²) in [6.07, 6.45) is 1.87. The van der Waals surface area contributed by atoms with Gasteiger partial charge in [-0.15, -0.1) is 11.3 Å². The topological polar surface area (TPSA) is 31.4 Å². The SMILES string of the molecule is CNCc1cc(Cl)ccc1N1CCN(c2nccs2)CC1. The minimum absolute atomic E-state index is 0.797. The molecule has 1 aromatic heterocycles. The summed E-state index contributed by atoms with van der Waals surface area (Å²) in [7, 11) is 1.96. The molecule has 1 aliphatic rings. The van der Waals surface area contributed by atoms with Gasteiger partial charge < -0.3 is 15.1 Å². The van der Waals surface area contributed by atoms with E-state index in [-0.39, 0.29) is 0 Å². The molecule has 2 aromatic rings. The number of anilines is 2. The van der Waals surface area contributed by atoms with Crippen molar-refractivity contribution in [1.29, 1.82) is 0 Å². The van der Waals surface area contributed by atoms with Crippen LogP contribution in [0.2, 0.25) is 5.02 Å². The molecular formula is C15H19ClN4S. The van der Waals surface area contributed by atoms with Gasteiger partial charge in [0.25, 0.3) is 0 Å². The molecule has 2 heterocycles. The summed E-state index contributed by atoms with van der Waals surface area (Å²) in [6, 6.07) is 6.16. The van der Waals surface area contributed by atoms with Crippen LogP contribution in [0.3, 0.4) is 0 Å². The average Bonchev–Trinajstić information content (AvgIpc) is 3.02. The lowest BCUT2D eigenvalue weighted by Gasteiger charge is -2.37. The van der Waals surface area contributed by atoms with Crippen molar-refractivity contribution in [3.05, 3.63) is 40.4 Å². The Morgan fingerprint density at radius 3 is 2.67 bits per heavy atom. The zero-order valence-corrected chi connectivity index (χ0v) is 13.6. The van der Waals surface area contributed by atoms with Gasteiger partial charge in [0.15, 0.2) is 5.13 Å². The second kappa shape index (κ2) is 6.64. The number of nitrogens with one attached hydrogen (secondary N) is 1. The van der Waals surface area contributed by atoms with Crippen molar-refractivity contribution in [2.45, 2.75) is 6.54 Å². The standard InChI is InChI=1S/C15H19ClN4S/c1-17-11-12-10-13(16)2-3-14(12)19-5-7-20(8-6-19)15-18-4-9-21-15/h2-4,9-10,17H,5-8,11H2,1H3. The highest BCUT2D eigenvalue weighted by Crippen LogP contribution is 2.27. The number of benzene rings is 1. The molecule has 1 saturated heterocycles. The Morgan fingerprint density at radius 1 is 1.24 bits per heavy atom. The van der Waals surface area contributed by atoms with E-state index < -0.39 is 0 Å². The first-order valence-corrected chi connectivity index (χ1v) is 8.36. The Balaban J connectivity index is 1.72. The third kappa shape index (κ3) is 3.31. The van der Waals surface area contributed by atoms with E-state index in [9.17, 15) is 0 Å². The Morgan fingerprint density at radius 2 is 2.00 bits per heavy atom. The Labute approximate surface area is 134 Å². The van der Waals surface area contributed by atoms with Gasteiger partial charge in [0.05, 0.1) is 0 Å². The van der Waals surface area contributed by atoms with E-state index in [4.69, 9.17) is 11.6 Å². The van der Waals surface area contributed by atoms with Gasteiger partial charge in [0.1, 0.15) is 0 Å². The van der Waals surface area contributed by atoms with Gasteiger partial charge in [-0.05, 0) is 30.8 Å². The smallest absolute Gasteiger partial charge is 0.185 e. The highest BCUT2D eigenvalue weighted by molar-refractivity contribution is 7.13. The van der Waals surface area contributed by atoms with Gasteiger partial charge in [-0.2, -0.15) is 0 Å². The second-order valence-corrected chi connectivity index (χ2v) is 6.40. The van der Waals surface area contributed by atoms with Gasteiger partial charge in [0, 0.05) is 55.0 Å². The lowest BCUT2D eigenvalue weighted by atomic mass is 10.1. The summed E-state index contributed by atoms with van der Waals surface area (Å²) in [5.41, 5.74) is 2.54. The van der Waals surface area contributed by atoms with Crippen molar-refractivity contribution in [3.63, 3.8) is 0 Å². The van der Waals surface area contributed by atoms with E-state index >= 15 is 0 Å². The largest absolute Gasteiger partial charge is 0.368 e. The van der Waals surface area contributed by atoms with Gasteiger partial charge in [-0.25, -0.2) is 4.98 Å². The van der Waals surface area contributed by atoms with Crippen LogP contribution in [0.1, 0.15) is 5.56 Å². The van der Waals surface area contributed by atoms with Crippen LogP contribution in [0.4, 0.5) is 10.8 Å². The number of nitrogens with zero attached hydrogens (tertiary/aromatic N) is 3. The van der Waals surface area contributed by atoms with Crippen LogP contribution >= 0.6 is 22.9 Å². The number of hydrogen-bond donors (Lipinski definition) is 1. The maximum atomic E-state index is 6.12. The lowest BCUT2D eigenvalue weighted by molar-refractivity contribution is 0.648. The summed E-state index contributed by atoms with van der Waals surface area (Å²) in [5.74, 6) is 0. The number of hydrogen-bond acceptors (Lipinski definition) is 5. The molecule has 0 radical (unpaired) electrons. The van der Waals surface area contributed by atoms with Crippen LogP contribution < -0.4 is 15.1 Å². The third-order valence-electron chi connectivity index (χ3n) is 3.72. The van der Waals surface area contributed by atoms with Crippen molar-refractivity contribution in [2.75, 3.05) is 43.0 Å². The first-order valence-electron chi connectivity index (χ1n) is 7.10. The molecule has 0 amide bonds. The van der Waals surface area contributed by atoms with Gasteiger partial charge in [0.2, 0.25) is 0 Å². The van der Waals surface area contributed by atoms with Crippen LogP contribution in [-0.4, -0.2) is 38.2 Å². The maximum Gasteiger partial charge on any atom is 0.185 e. The molecule has 1 aliphatic heterocycles. The molecule has 0 saturated carbocycles. The number of thiazole rings is 1. The Kier molecular flexibility index (Phi) is 4.63. The van der Waals surface area contributed by atoms with Crippen LogP contribution in [0.5, 0.6) is 0 Å². The highest BCUT2D eigenvalue weighted by atomic mass is 35.5. The lowest BCUT2D eigenvalue weighted by Crippen LogP contribution is -2.46. The summed E-state index contributed by atoms with van der Waals surface area (Å²) < 4.78 is 0. The minimum atomic E-state index is 0.797. The molecule has 112 valence electrons. The van der Waals surface area contributed by atoms with Crippen LogP contribution in [-0.2, 0) is 6.54 Å². The summed E-state index contributed by atoms with van der Waals surface area (Å²) in [5, 5.41) is 7.17. The molecule has 1 fully saturated rings. The molecule has 3 rings (SSSR count). The molecule has 0 atom stereocenters. The Hall–Kier alpha value is -1.30. The first kappa shape index (κ1) is 14.6. The normalized spacial score (nSPS) is 15.5. The Bertz CT molecular complexity index is 579. The monoisotopic (exact) mass is 322 g/mol. The zero-order valence-electron chi connectivity index (χ0n) is 12.1. The van der Waals surface area contributed by atoms with Crippen molar-refractivity contribution in [2.24, 2.45) is 0 Å². The molecule has 1 aromatic carbocycles. The number of piperazine rings is 1. The van der Waals surface area contributed by atoms with Crippen LogP contribution in [0, 0.1) is 0 Å². The van der Waals surface area contributed by atoms with E-state index in [1.165, 1.54) is 11.3 Å². The molecule has 0 spiro atoms. The van der Waals surface area contributed by atoms with E-state index in [1.807, 2.05) is 24.7 Å². The predicted molar refractivity (Wildman–Crippen MR) is 90.8 cm³/mol. The van der Waals surface area contributed by atoms with Crippen molar-refractivity contribution in [3.8, 4) is 0 Å². The molecule has 0 unspecified atom stereocenters. The third-order valence-corrected chi connectivity index (χ3v) is 4.79. The van der Waals surface area contributed by atoms with Crippen molar-refractivity contribution in [1.82, 2.24) is 10.3 Å². The highest BCUT2D eigenvalue weighted by Gasteiger charge is 2.20. The van der Waals surface area contributed by atoms with E-state index in [2.05, 4.69) is 32.2 Å². The molecular weight excluding hydrogens is 304 g/mol. The number of aromatic nitrogens is 1. The minimum Gasteiger partial charge on any atom is -0.368 e. The molecule has 21 heavy (non-hydrogen) atoms. The number of rotatable bonds is 4. The quantitative estimate of drug-likeness (QED) is 0.938. The zero-order chi connectivity index (χ0) is 14.7. The average molecular weight is 323 g/mol. The van der Waals surface area contributed by atoms with E-state index in [0.29, 0.717) is 0 Å². The van der Waals surface area contributed by atoms with E-state index in [1.54, 1.807) is 11.3 Å².